The van der Waals surface area contributed by atoms with E-state index in [-0.39, 0.29) is 51.7 Å². The SMILES string of the molecule is CN1C(C)(C)CC(Oc2nc(Cl)nc(OC3CC(C)(C)N(C)C(C)(C)C3)n2)CC1(C)C. The highest BCUT2D eigenvalue weighted by molar-refractivity contribution is 6.28. The number of aromatic nitrogens is 3. The van der Waals surface area contributed by atoms with Gasteiger partial charge in [0, 0.05) is 47.8 Å². The van der Waals surface area contributed by atoms with E-state index in [4.69, 9.17) is 21.1 Å². The number of piperidine rings is 2. The fourth-order valence-corrected chi connectivity index (χ4v) is 5.59. The van der Waals surface area contributed by atoms with E-state index in [1.807, 2.05) is 0 Å². The Morgan fingerprint density at radius 3 is 1.23 bits per heavy atom. The zero-order valence-electron chi connectivity index (χ0n) is 20.9. The molecule has 2 fully saturated rings. The number of nitrogens with zero attached hydrogens (tertiary/aromatic N) is 5. The van der Waals surface area contributed by atoms with E-state index in [0.29, 0.717) is 0 Å². The van der Waals surface area contributed by atoms with Gasteiger partial charge < -0.3 is 9.47 Å². The van der Waals surface area contributed by atoms with Gasteiger partial charge in [-0.3, -0.25) is 9.80 Å². The van der Waals surface area contributed by atoms with E-state index in [9.17, 15) is 0 Å². The Morgan fingerprint density at radius 2 is 0.935 bits per heavy atom. The van der Waals surface area contributed by atoms with Crippen LogP contribution in [0.5, 0.6) is 12.0 Å². The minimum atomic E-state index is -0.00582. The minimum absolute atomic E-state index is 0.00582. The van der Waals surface area contributed by atoms with E-state index < -0.39 is 0 Å². The molecular formula is C23H40ClN5O2. The van der Waals surface area contributed by atoms with Gasteiger partial charge in [-0.15, -0.1) is 4.98 Å². The summed E-state index contributed by atoms with van der Waals surface area (Å²) in [4.78, 5) is 17.8. The highest BCUT2D eigenvalue weighted by Crippen LogP contribution is 2.39. The zero-order chi connectivity index (χ0) is 23.4. The Bertz CT molecular complexity index is 713. The van der Waals surface area contributed by atoms with Gasteiger partial charge in [0.25, 0.3) is 0 Å². The second-order valence-corrected chi connectivity index (χ2v) is 12.2. The smallest absolute Gasteiger partial charge is 0.324 e. The summed E-state index contributed by atoms with van der Waals surface area (Å²) in [5.41, 5.74) is 0.0312. The maximum absolute atomic E-state index is 6.22. The maximum atomic E-state index is 6.22. The summed E-state index contributed by atoms with van der Waals surface area (Å²) in [5.74, 6) is 0. The number of hydrogen-bond donors (Lipinski definition) is 0. The van der Waals surface area contributed by atoms with Crippen LogP contribution in [0.1, 0.15) is 81.1 Å². The fraction of sp³-hybridized carbons (Fsp3) is 0.870. The Balaban J connectivity index is 1.75. The molecule has 8 heteroatoms. The molecule has 0 aliphatic carbocycles. The molecule has 31 heavy (non-hydrogen) atoms. The first-order valence-corrected chi connectivity index (χ1v) is 11.6. The Labute approximate surface area is 192 Å². The van der Waals surface area contributed by atoms with Crippen LogP contribution >= 0.6 is 11.6 Å². The van der Waals surface area contributed by atoms with Crippen LogP contribution in [0.2, 0.25) is 5.28 Å². The highest BCUT2D eigenvalue weighted by atomic mass is 35.5. The Morgan fingerprint density at radius 1 is 0.645 bits per heavy atom. The van der Waals surface area contributed by atoms with Crippen molar-refractivity contribution in [2.45, 2.75) is 115 Å². The third-order valence-corrected chi connectivity index (χ3v) is 7.82. The predicted molar refractivity (Wildman–Crippen MR) is 124 cm³/mol. The topological polar surface area (TPSA) is 63.6 Å². The van der Waals surface area contributed by atoms with Gasteiger partial charge in [0.2, 0.25) is 5.28 Å². The van der Waals surface area contributed by atoms with Crippen LogP contribution in [-0.2, 0) is 0 Å². The minimum Gasteiger partial charge on any atom is -0.460 e. The van der Waals surface area contributed by atoms with Crippen molar-refractivity contribution in [1.29, 1.82) is 0 Å². The van der Waals surface area contributed by atoms with Crippen molar-refractivity contribution in [3.05, 3.63) is 5.28 Å². The molecule has 2 aliphatic rings. The molecule has 0 aromatic carbocycles. The van der Waals surface area contributed by atoms with Gasteiger partial charge in [-0.25, -0.2) is 0 Å². The van der Waals surface area contributed by atoms with E-state index in [1.165, 1.54) is 0 Å². The van der Waals surface area contributed by atoms with Gasteiger partial charge in [0.05, 0.1) is 0 Å². The van der Waals surface area contributed by atoms with Gasteiger partial charge in [-0.2, -0.15) is 9.97 Å². The lowest BCUT2D eigenvalue weighted by molar-refractivity contribution is -0.0608. The first-order chi connectivity index (χ1) is 14.0. The van der Waals surface area contributed by atoms with E-state index in [2.05, 4.69) is 94.2 Å². The Kier molecular flexibility index (Phi) is 6.31. The predicted octanol–water partition coefficient (Wildman–Crippen LogP) is 4.59. The van der Waals surface area contributed by atoms with Gasteiger partial charge in [-0.05, 0) is 81.1 Å². The molecule has 1 aromatic rings. The standard InChI is InChI=1S/C23H40ClN5O2/c1-20(2)11-15(12-21(3,4)28(20)9)30-18-25-17(24)26-19(27-18)31-16-13-22(5,6)29(10)23(7,8)14-16/h15-16H,11-14H2,1-10H3. The second-order valence-electron chi connectivity index (χ2n) is 11.8. The number of rotatable bonds is 4. The van der Waals surface area contributed by atoms with Gasteiger partial charge in [-0.1, -0.05) is 0 Å². The van der Waals surface area contributed by atoms with E-state index >= 15 is 0 Å². The highest BCUT2D eigenvalue weighted by Gasteiger charge is 2.45. The molecular weight excluding hydrogens is 414 g/mol. The van der Waals surface area contributed by atoms with Crippen LogP contribution in [0.3, 0.4) is 0 Å². The summed E-state index contributed by atoms with van der Waals surface area (Å²) < 4.78 is 12.4. The molecule has 0 atom stereocenters. The third kappa shape index (κ3) is 5.25. The average molecular weight is 454 g/mol. The number of ether oxygens (including phenoxy) is 2. The summed E-state index contributed by atoms with van der Waals surface area (Å²) >= 11 is 6.22. The molecule has 0 radical (unpaired) electrons. The molecule has 0 amide bonds. The van der Waals surface area contributed by atoms with Crippen LogP contribution in [-0.4, -0.2) is 73.2 Å². The third-order valence-electron chi connectivity index (χ3n) is 7.65. The first-order valence-electron chi connectivity index (χ1n) is 11.2. The fourth-order valence-electron chi connectivity index (χ4n) is 5.44. The molecule has 0 N–H and O–H groups in total. The van der Waals surface area contributed by atoms with Crippen molar-refractivity contribution < 1.29 is 9.47 Å². The molecule has 0 spiro atoms. The molecule has 3 heterocycles. The quantitative estimate of drug-likeness (QED) is 0.660. The van der Waals surface area contributed by atoms with Crippen molar-refractivity contribution in [1.82, 2.24) is 24.8 Å². The normalized spacial score (nSPS) is 26.5. The van der Waals surface area contributed by atoms with Crippen molar-refractivity contribution in [3.63, 3.8) is 0 Å². The first kappa shape index (κ1) is 24.5. The summed E-state index contributed by atoms with van der Waals surface area (Å²) in [6.07, 6.45) is 3.50. The van der Waals surface area contributed by atoms with Gasteiger partial charge in [0.1, 0.15) is 12.2 Å². The lowest BCUT2D eigenvalue weighted by Crippen LogP contribution is -2.60. The number of hydrogen-bond acceptors (Lipinski definition) is 7. The molecule has 0 saturated carbocycles. The van der Waals surface area contributed by atoms with Crippen molar-refractivity contribution >= 4 is 11.6 Å². The van der Waals surface area contributed by atoms with Crippen molar-refractivity contribution in [3.8, 4) is 12.0 Å². The van der Waals surface area contributed by atoms with Crippen LogP contribution in [0.25, 0.3) is 0 Å². The molecule has 176 valence electrons. The molecule has 1 aromatic heterocycles. The molecule has 2 saturated heterocycles. The van der Waals surface area contributed by atoms with Gasteiger partial charge in [0.15, 0.2) is 0 Å². The largest absolute Gasteiger partial charge is 0.460 e. The Hall–Kier alpha value is -1.18. The molecule has 0 bridgehead atoms. The lowest BCUT2D eigenvalue weighted by atomic mass is 9.79. The van der Waals surface area contributed by atoms with Crippen LogP contribution in [0.15, 0.2) is 0 Å². The summed E-state index contributed by atoms with van der Waals surface area (Å²) in [7, 11) is 4.35. The van der Waals surface area contributed by atoms with Crippen LogP contribution in [0, 0.1) is 0 Å². The number of halogens is 1. The zero-order valence-corrected chi connectivity index (χ0v) is 21.7. The molecule has 0 unspecified atom stereocenters. The summed E-state index contributed by atoms with van der Waals surface area (Å²) in [6.45, 7) is 17.9. The number of likely N-dealkylation sites (tertiary alicyclic amines) is 2. The van der Waals surface area contributed by atoms with E-state index in [1.54, 1.807) is 0 Å². The lowest BCUT2D eigenvalue weighted by Gasteiger charge is -2.53. The molecule has 2 aliphatic heterocycles. The van der Waals surface area contributed by atoms with Crippen molar-refractivity contribution in [2.75, 3.05) is 14.1 Å². The maximum Gasteiger partial charge on any atom is 0.324 e. The van der Waals surface area contributed by atoms with E-state index in [0.717, 1.165) is 25.7 Å². The van der Waals surface area contributed by atoms with Crippen molar-refractivity contribution in [2.24, 2.45) is 0 Å². The monoisotopic (exact) mass is 453 g/mol. The van der Waals surface area contributed by atoms with Crippen LogP contribution < -0.4 is 9.47 Å². The summed E-state index contributed by atoms with van der Waals surface area (Å²) in [5, 5.41) is 0.0953. The molecule has 7 nitrogen and oxygen atoms in total. The molecule has 3 rings (SSSR count). The van der Waals surface area contributed by atoms with Gasteiger partial charge >= 0.3 is 12.0 Å². The van der Waals surface area contributed by atoms with Crippen LogP contribution in [0.4, 0.5) is 0 Å². The average Bonchev–Trinajstić information content (AvgIpc) is 2.56. The second kappa shape index (κ2) is 7.99. The summed E-state index contributed by atoms with van der Waals surface area (Å²) in [6, 6.07) is 0.477.